The van der Waals surface area contributed by atoms with Crippen molar-refractivity contribution in [3.05, 3.63) is 59.9 Å². The fourth-order valence-corrected chi connectivity index (χ4v) is 4.26. The maximum Gasteiger partial charge on any atom is 0.248 e. The predicted octanol–water partition coefficient (Wildman–Crippen LogP) is 5.32. The average Bonchev–Trinajstić information content (AvgIpc) is 3.11. The number of nitrogens with zero attached hydrogens (tertiary/aromatic N) is 2. The maximum atomic E-state index is 13.2. The molecule has 0 radical (unpaired) electrons. The van der Waals surface area contributed by atoms with E-state index in [9.17, 15) is 9.59 Å². The standard InChI is InChI=1S/C24H27N3O2/c1-2-3-4-5-10-20(24(29)26-22-12-6-7-15-25-22)27-16-17-13-14-21(28)18-9-8-11-19(27)23(17)18/h6-9,11-12,15-16,20H,2-5,10,13-14H2,1H3,(H,25,26,29). The van der Waals surface area contributed by atoms with Gasteiger partial charge in [-0.2, -0.15) is 0 Å². The third kappa shape index (κ3) is 3.95. The minimum absolute atomic E-state index is 0.0559. The molecule has 150 valence electrons. The van der Waals surface area contributed by atoms with E-state index in [0.29, 0.717) is 12.2 Å². The summed E-state index contributed by atoms with van der Waals surface area (Å²) in [5, 5.41) is 4.00. The number of hydrogen-bond donors (Lipinski definition) is 1. The highest BCUT2D eigenvalue weighted by atomic mass is 16.2. The Morgan fingerprint density at radius 2 is 2.03 bits per heavy atom. The number of amides is 1. The van der Waals surface area contributed by atoms with Crippen molar-refractivity contribution in [3.8, 4) is 0 Å². The zero-order valence-corrected chi connectivity index (χ0v) is 16.9. The summed E-state index contributed by atoms with van der Waals surface area (Å²) >= 11 is 0. The molecule has 1 amide bonds. The predicted molar refractivity (Wildman–Crippen MR) is 115 cm³/mol. The molecule has 2 aromatic heterocycles. The zero-order valence-electron chi connectivity index (χ0n) is 16.9. The van der Waals surface area contributed by atoms with Crippen molar-refractivity contribution >= 4 is 28.4 Å². The molecular weight excluding hydrogens is 362 g/mol. The van der Waals surface area contributed by atoms with Gasteiger partial charge in [-0.15, -0.1) is 0 Å². The highest BCUT2D eigenvalue weighted by molar-refractivity contribution is 6.11. The smallest absolute Gasteiger partial charge is 0.248 e. The molecule has 1 aliphatic rings. The van der Waals surface area contributed by atoms with Crippen molar-refractivity contribution in [2.24, 2.45) is 0 Å². The van der Waals surface area contributed by atoms with Crippen molar-refractivity contribution in [1.29, 1.82) is 0 Å². The summed E-state index contributed by atoms with van der Waals surface area (Å²) in [4.78, 5) is 29.9. The Morgan fingerprint density at radius 3 is 2.83 bits per heavy atom. The Labute approximate surface area is 171 Å². The molecule has 4 rings (SSSR count). The number of aryl methyl sites for hydroxylation is 1. The number of hydrogen-bond acceptors (Lipinski definition) is 3. The number of pyridine rings is 1. The van der Waals surface area contributed by atoms with Crippen LogP contribution in [-0.4, -0.2) is 21.2 Å². The molecule has 0 bridgehead atoms. The van der Waals surface area contributed by atoms with E-state index in [4.69, 9.17) is 0 Å². The van der Waals surface area contributed by atoms with Gasteiger partial charge in [0.2, 0.25) is 5.91 Å². The number of rotatable bonds is 8. The van der Waals surface area contributed by atoms with E-state index >= 15 is 0 Å². The third-order valence-electron chi connectivity index (χ3n) is 5.74. The molecule has 2 heterocycles. The van der Waals surface area contributed by atoms with Gasteiger partial charge in [0.15, 0.2) is 5.78 Å². The molecular formula is C24H27N3O2. The van der Waals surface area contributed by atoms with Gasteiger partial charge in [-0.3, -0.25) is 9.59 Å². The van der Waals surface area contributed by atoms with Crippen molar-refractivity contribution in [1.82, 2.24) is 9.55 Å². The van der Waals surface area contributed by atoms with Crippen LogP contribution >= 0.6 is 0 Å². The Morgan fingerprint density at radius 1 is 1.14 bits per heavy atom. The third-order valence-corrected chi connectivity index (χ3v) is 5.74. The van der Waals surface area contributed by atoms with Gasteiger partial charge in [0.1, 0.15) is 11.9 Å². The topological polar surface area (TPSA) is 64.0 Å². The van der Waals surface area contributed by atoms with E-state index in [1.165, 1.54) is 12.0 Å². The van der Waals surface area contributed by atoms with Crippen molar-refractivity contribution in [2.75, 3.05) is 5.32 Å². The van der Waals surface area contributed by atoms with E-state index in [2.05, 4.69) is 28.0 Å². The lowest BCUT2D eigenvalue weighted by Crippen LogP contribution is -2.26. The summed E-state index contributed by atoms with van der Waals surface area (Å²) < 4.78 is 2.08. The number of benzene rings is 1. The number of nitrogens with one attached hydrogen (secondary N) is 1. The summed E-state index contributed by atoms with van der Waals surface area (Å²) in [6.45, 7) is 2.19. The SMILES string of the molecule is CCCCCCC(C(=O)Nc1ccccn1)n1cc2c3c(cccc31)C(=O)CC2. The first kappa shape index (κ1) is 19.4. The number of Topliss-reactive ketones (excluding diaryl/α,β-unsaturated/α-hetero) is 1. The number of aromatic nitrogens is 2. The molecule has 0 spiro atoms. The fraction of sp³-hybridized carbons (Fsp3) is 0.375. The van der Waals surface area contributed by atoms with E-state index < -0.39 is 0 Å². The summed E-state index contributed by atoms with van der Waals surface area (Å²) in [6.07, 6.45) is 10.2. The molecule has 0 saturated heterocycles. The average molecular weight is 389 g/mol. The van der Waals surface area contributed by atoms with Crippen molar-refractivity contribution in [3.63, 3.8) is 0 Å². The number of carbonyl (C=O) groups is 2. The number of anilines is 1. The minimum atomic E-state index is -0.325. The lowest BCUT2D eigenvalue weighted by Gasteiger charge is -2.20. The molecule has 3 aromatic rings. The van der Waals surface area contributed by atoms with Crippen LogP contribution in [0.15, 0.2) is 48.8 Å². The van der Waals surface area contributed by atoms with Gasteiger partial charge in [-0.25, -0.2) is 4.98 Å². The van der Waals surface area contributed by atoms with Gasteiger partial charge in [-0.05, 0) is 36.6 Å². The van der Waals surface area contributed by atoms with Gasteiger partial charge in [0.25, 0.3) is 0 Å². The lowest BCUT2D eigenvalue weighted by molar-refractivity contribution is -0.119. The Balaban J connectivity index is 1.69. The number of ketones is 1. The summed E-state index contributed by atoms with van der Waals surface area (Å²) in [5.74, 6) is 0.700. The molecule has 0 saturated carbocycles. The normalized spacial score (nSPS) is 14.2. The molecule has 1 N–H and O–H groups in total. The van der Waals surface area contributed by atoms with Crippen LogP contribution in [0, 0.1) is 0 Å². The number of unbranched alkanes of at least 4 members (excludes halogenated alkanes) is 3. The van der Waals surface area contributed by atoms with Crippen LogP contribution in [0.25, 0.3) is 10.9 Å². The summed E-state index contributed by atoms with van der Waals surface area (Å²) in [6, 6.07) is 11.0. The largest absolute Gasteiger partial charge is 0.335 e. The van der Waals surface area contributed by atoms with Gasteiger partial charge in [0.05, 0.1) is 0 Å². The van der Waals surface area contributed by atoms with E-state index in [-0.39, 0.29) is 17.7 Å². The van der Waals surface area contributed by atoms with Gasteiger partial charge < -0.3 is 9.88 Å². The molecule has 29 heavy (non-hydrogen) atoms. The van der Waals surface area contributed by atoms with E-state index in [0.717, 1.165) is 48.6 Å². The molecule has 1 atom stereocenters. The Hall–Kier alpha value is -2.95. The Kier molecular flexibility index (Phi) is 5.74. The monoisotopic (exact) mass is 389 g/mol. The molecule has 1 aliphatic carbocycles. The molecule has 0 fully saturated rings. The van der Waals surface area contributed by atoms with Crippen molar-refractivity contribution in [2.45, 2.75) is 57.9 Å². The van der Waals surface area contributed by atoms with E-state index in [1.807, 2.05) is 30.3 Å². The van der Waals surface area contributed by atoms with Crippen LogP contribution in [0.2, 0.25) is 0 Å². The second kappa shape index (κ2) is 8.60. The molecule has 0 aliphatic heterocycles. The lowest BCUT2D eigenvalue weighted by atomic mass is 9.92. The first-order chi connectivity index (χ1) is 14.2. The second-order valence-electron chi connectivity index (χ2n) is 7.75. The van der Waals surface area contributed by atoms with Gasteiger partial charge in [-0.1, -0.05) is 50.8 Å². The quantitative estimate of drug-likeness (QED) is 0.531. The zero-order chi connectivity index (χ0) is 20.2. The molecule has 5 nitrogen and oxygen atoms in total. The summed E-state index contributed by atoms with van der Waals surface area (Å²) in [7, 11) is 0. The van der Waals surface area contributed by atoms with Gasteiger partial charge in [0, 0.05) is 35.3 Å². The highest BCUT2D eigenvalue weighted by Crippen LogP contribution is 2.34. The molecule has 5 heteroatoms. The minimum Gasteiger partial charge on any atom is -0.335 e. The second-order valence-corrected chi connectivity index (χ2v) is 7.75. The first-order valence-corrected chi connectivity index (χ1v) is 10.6. The van der Waals surface area contributed by atoms with E-state index in [1.54, 1.807) is 12.3 Å². The maximum absolute atomic E-state index is 13.2. The fourth-order valence-electron chi connectivity index (χ4n) is 4.26. The summed E-state index contributed by atoms with van der Waals surface area (Å²) in [5.41, 5.74) is 2.93. The highest BCUT2D eigenvalue weighted by Gasteiger charge is 2.27. The van der Waals surface area contributed by atoms with Crippen LogP contribution in [0.5, 0.6) is 0 Å². The van der Waals surface area contributed by atoms with Crippen LogP contribution in [-0.2, 0) is 11.2 Å². The first-order valence-electron chi connectivity index (χ1n) is 10.6. The van der Waals surface area contributed by atoms with Crippen LogP contribution in [0.1, 0.15) is 67.4 Å². The van der Waals surface area contributed by atoms with Crippen LogP contribution in [0.4, 0.5) is 5.82 Å². The molecule has 1 aromatic carbocycles. The molecule has 1 unspecified atom stereocenters. The number of carbonyl (C=O) groups excluding carboxylic acids is 2. The van der Waals surface area contributed by atoms with Gasteiger partial charge >= 0.3 is 0 Å². The van der Waals surface area contributed by atoms with Crippen LogP contribution < -0.4 is 5.32 Å². The Bertz CT molecular complexity index is 1020. The van der Waals surface area contributed by atoms with Crippen LogP contribution in [0.3, 0.4) is 0 Å². The van der Waals surface area contributed by atoms with Crippen molar-refractivity contribution < 1.29 is 9.59 Å².